The lowest BCUT2D eigenvalue weighted by Gasteiger charge is -2.47. The fourth-order valence-electron chi connectivity index (χ4n) is 2.21. The van der Waals surface area contributed by atoms with E-state index in [4.69, 9.17) is 0 Å². The van der Waals surface area contributed by atoms with Crippen LogP contribution in [0.1, 0.15) is 33.6 Å². The molecule has 1 saturated carbocycles. The highest BCUT2D eigenvalue weighted by atomic mass is 79.9. The first-order valence-electron chi connectivity index (χ1n) is 4.60. The molecular weight excluding hydrogens is 296 g/mol. The smallest absolute Gasteiger partial charge is 0.125 e. The van der Waals surface area contributed by atoms with Gasteiger partial charge in [-0.3, -0.25) is 0 Å². The molecule has 3 unspecified atom stereocenters. The number of halogens is 2. The SMILES string of the molecule is CC1(C)CCC(Br)C(C)(Br)C1C=O. The molecule has 1 fully saturated rings. The molecule has 0 amide bonds. The Hall–Kier alpha value is 0.630. The van der Waals surface area contributed by atoms with Crippen molar-refractivity contribution in [3.63, 3.8) is 0 Å². The van der Waals surface area contributed by atoms with Crippen molar-refractivity contribution < 1.29 is 4.79 Å². The lowest BCUT2D eigenvalue weighted by molar-refractivity contribution is -0.116. The highest BCUT2D eigenvalue weighted by Crippen LogP contribution is 2.51. The van der Waals surface area contributed by atoms with Gasteiger partial charge in [-0.05, 0) is 25.2 Å². The summed E-state index contributed by atoms with van der Waals surface area (Å²) < 4.78 is -0.101. The predicted molar refractivity (Wildman–Crippen MR) is 62.6 cm³/mol. The van der Waals surface area contributed by atoms with E-state index in [1.54, 1.807) is 0 Å². The van der Waals surface area contributed by atoms with Crippen LogP contribution in [-0.2, 0) is 4.79 Å². The largest absolute Gasteiger partial charge is 0.303 e. The van der Waals surface area contributed by atoms with Crippen LogP contribution >= 0.6 is 31.9 Å². The molecule has 0 aromatic rings. The zero-order valence-corrected chi connectivity index (χ0v) is 11.5. The third-order valence-electron chi connectivity index (χ3n) is 3.24. The summed E-state index contributed by atoms with van der Waals surface area (Å²) in [5.41, 5.74) is 0.115. The maximum absolute atomic E-state index is 11.1. The molecule has 0 heterocycles. The van der Waals surface area contributed by atoms with Crippen LogP contribution in [0.15, 0.2) is 0 Å². The average Bonchev–Trinajstić information content (AvgIpc) is 1.98. The third-order valence-corrected chi connectivity index (χ3v) is 6.31. The van der Waals surface area contributed by atoms with Crippen LogP contribution in [0.25, 0.3) is 0 Å². The van der Waals surface area contributed by atoms with Gasteiger partial charge in [-0.2, -0.15) is 0 Å². The molecule has 0 aromatic heterocycles. The fraction of sp³-hybridized carbons (Fsp3) is 0.900. The molecule has 1 rings (SSSR count). The van der Waals surface area contributed by atoms with Gasteiger partial charge in [0.15, 0.2) is 0 Å². The molecule has 13 heavy (non-hydrogen) atoms. The maximum Gasteiger partial charge on any atom is 0.125 e. The van der Waals surface area contributed by atoms with Crippen molar-refractivity contribution in [1.29, 1.82) is 0 Å². The molecule has 0 radical (unpaired) electrons. The Morgan fingerprint density at radius 3 is 2.31 bits per heavy atom. The first-order chi connectivity index (χ1) is 5.82. The number of rotatable bonds is 1. The summed E-state index contributed by atoms with van der Waals surface area (Å²) in [6, 6.07) is 0. The first-order valence-corrected chi connectivity index (χ1v) is 6.31. The molecule has 3 heteroatoms. The Morgan fingerprint density at radius 2 is 1.92 bits per heavy atom. The lowest BCUT2D eigenvalue weighted by atomic mass is 9.64. The first kappa shape index (κ1) is 11.7. The van der Waals surface area contributed by atoms with Gasteiger partial charge >= 0.3 is 0 Å². The summed E-state index contributed by atoms with van der Waals surface area (Å²) >= 11 is 7.32. The van der Waals surface area contributed by atoms with Gasteiger partial charge in [0.25, 0.3) is 0 Å². The highest BCUT2D eigenvalue weighted by Gasteiger charge is 2.49. The van der Waals surface area contributed by atoms with E-state index in [0.29, 0.717) is 4.83 Å². The van der Waals surface area contributed by atoms with Crippen molar-refractivity contribution in [3.8, 4) is 0 Å². The summed E-state index contributed by atoms with van der Waals surface area (Å²) in [5.74, 6) is 0.0816. The summed E-state index contributed by atoms with van der Waals surface area (Å²) in [6.07, 6.45) is 3.33. The normalized spacial score (nSPS) is 44.4. The van der Waals surface area contributed by atoms with Crippen molar-refractivity contribution in [2.45, 2.75) is 42.8 Å². The van der Waals surface area contributed by atoms with Crippen molar-refractivity contribution >= 4 is 38.1 Å². The monoisotopic (exact) mass is 310 g/mol. The van der Waals surface area contributed by atoms with Crippen LogP contribution in [0.4, 0.5) is 0 Å². The van der Waals surface area contributed by atoms with Gasteiger partial charge in [-0.15, -0.1) is 0 Å². The van der Waals surface area contributed by atoms with Crippen LogP contribution in [0.5, 0.6) is 0 Å². The minimum Gasteiger partial charge on any atom is -0.303 e. The number of alkyl halides is 2. The second-order valence-corrected chi connectivity index (χ2v) is 7.57. The number of carbonyl (C=O) groups is 1. The van der Waals surface area contributed by atoms with Crippen molar-refractivity contribution in [2.75, 3.05) is 0 Å². The van der Waals surface area contributed by atoms with E-state index in [2.05, 4.69) is 52.6 Å². The number of hydrogen-bond donors (Lipinski definition) is 0. The van der Waals surface area contributed by atoms with Crippen LogP contribution in [0, 0.1) is 11.3 Å². The Labute approximate surface area is 96.9 Å². The standard InChI is InChI=1S/C10H16Br2O/c1-9(2)5-4-8(11)10(3,12)7(9)6-13/h6-8H,4-5H2,1-3H3. The Bertz CT molecular complexity index is 211. The third kappa shape index (κ3) is 2.01. The highest BCUT2D eigenvalue weighted by molar-refractivity contribution is 9.12. The van der Waals surface area contributed by atoms with Gasteiger partial charge in [0, 0.05) is 15.1 Å². The van der Waals surface area contributed by atoms with Crippen molar-refractivity contribution in [3.05, 3.63) is 0 Å². The Kier molecular flexibility index (Phi) is 3.29. The summed E-state index contributed by atoms with van der Waals surface area (Å²) in [6.45, 7) is 6.45. The Balaban J connectivity index is 2.98. The molecule has 1 aliphatic rings. The quantitative estimate of drug-likeness (QED) is 0.535. The van der Waals surface area contributed by atoms with Gasteiger partial charge < -0.3 is 4.79 Å². The molecule has 3 atom stereocenters. The van der Waals surface area contributed by atoms with Gasteiger partial charge in [0.05, 0.1) is 0 Å². The fourth-order valence-corrected chi connectivity index (χ4v) is 3.68. The summed E-state index contributed by atoms with van der Waals surface area (Å²) in [7, 11) is 0. The van der Waals surface area contributed by atoms with Crippen molar-refractivity contribution in [1.82, 2.24) is 0 Å². The van der Waals surface area contributed by atoms with Gasteiger partial charge in [-0.1, -0.05) is 45.7 Å². The minimum absolute atomic E-state index is 0.0816. The lowest BCUT2D eigenvalue weighted by Crippen LogP contribution is -2.50. The van der Waals surface area contributed by atoms with Crippen LogP contribution in [-0.4, -0.2) is 15.4 Å². The molecule has 0 saturated heterocycles. The van der Waals surface area contributed by atoms with E-state index >= 15 is 0 Å². The zero-order valence-electron chi connectivity index (χ0n) is 8.31. The van der Waals surface area contributed by atoms with E-state index < -0.39 is 0 Å². The topological polar surface area (TPSA) is 17.1 Å². The van der Waals surface area contributed by atoms with Crippen LogP contribution in [0.3, 0.4) is 0 Å². The minimum atomic E-state index is -0.101. The van der Waals surface area contributed by atoms with Crippen molar-refractivity contribution in [2.24, 2.45) is 11.3 Å². The van der Waals surface area contributed by atoms with E-state index in [1.165, 1.54) is 0 Å². The van der Waals surface area contributed by atoms with Gasteiger partial charge in [0.2, 0.25) is 0 Å². The molecule has 1 aliphatic carbocycles. The molecular formula is C10H16Br2O. The molecule has 0 bridgehead atoms. The van der Waals surface area contributed by atoms with E-state index in [1.807, 2.05) is 0 Å². The van der Waals surface area contributed by atoms with E-state index in [9.17, 15) is 4.79 Å². The van der Waals surface area contributed by atoms with Crippen LogP contribution in [0.2, 0.25) is 0 Å². The van der Waals surface area contributed by atoms with Gasteiger partial charge in [0.1, 0.15) is 6.29 Å². The molecule has 1 nitrogen and oxygen atoms in total. The summed E-state index contributed by atoms with van der Waals surface area (Å²) in [4.78, 5) is 11.5. The number of aldehydes is 1. The maximum atomic E-state index is 11.1. The van der Waals surface area contributed by atoms with E-state index in [-0.39, 0.29) is 15.7 Å². The van der Waals surface area contributed by atoms with Crippen LogP contribution < -0.4 is 0 Å². The predicted octanol–water partition coefficient (Wildman–Crippen LogP) is 3.54. The molecule has 0 aromatic carbocycles. The number of carbonyl (C=O) groups excluding carboxylic acids is 1. The second kappa shape index (κ2) is 3.65. The molecule has 76 valence electrons. The summed E-state index contributed by atoms with van der Waals surface area (Å²) in [5, 5.41) is 0. The number of hydrogen-bond acceptors (Lipinski definition) is 1. The molecule has 0 N–H and O–H groups in total. The Morgan fingerprint density at radius 1 is 1.38 bits per heavy atom. The molecule has 0 aliphatic heterocycles. The zero-order chi connectivity index (χ0) is 10.3. The second-order valence-electron chi connectivity index (χ2n) is 4.76. The average molecular weight is 312 g/mol. The molecule has 0 spiro atoms. The van der Waals surface area contributed by atoms with E-state index in [0.717, 1.165) is 19.1 Å². The van der Waals surface area contributed by atoms with Gasteiger partial charge in [-0.25, -0.2) is 0 Å².